The minimum atomic E-state index is -1.68. The van der Waals surface area contributed by atoms with E-state index < -0.39 is 48.4 Å². The number of primary amides is 2. The molecule has 12 nitrogen and oxygen atoms in total. The van der Waals surface area contributed by atoms with Crippen molar-refractivity contribution in [3.63, 3.8) is 0 Å². The molecule has 3 amide bonds. The van der Waals surface area contributed by atoms with Gasteiger partial charge in [-0.25, -0.2) is 20.0 Å². The van der Waals surface area contributed by atoms with Crippen LogP contribution in [-0.4, -0.2) is 63.8 Å². The number of rotatable bonds is 13. The zero-order chi connectivity index (χ0) is 27.1. The summed E-state index contributed by atoms with van der Waals surface area (Å²) in [7, 11) is 0. The normalized spacial score (nSPS) is 13.6. The summed E-state index contributed by atoms with van der Waals surface area (Å²) in [5.41, 5.74) is 16.4. The van der Waals surface area contributed by atoms with Crippen molar-refractivity contribution in [3.8, 4) is 11.1 Å². The molecule has 0 radical (unpaired) electrons. The second kappa shape index (κ2) is 12.0. The lowest BCUT2D eigenvalue weighted by molar-refractivity contribution is -0.148. The summed E-state index contributed by atoms with van der Waals surface area (Å²) < 4.78 is 5.51. The van der Waals surface area contributed by atoms with Crippen molar-refractivity contribution in [2.75, 3.05) is 6.61 Å². The summed E-state index contributed by atoms with van der Waals surface area (Å²) in [4.78, 5) is 59.4. The molecule has 7 N–H and O–H groups in total. The van der Waals surface area contributed by atoms with Crippen LogP contribution in [0.1, 0.15) is 42.7 Å². The number of nitrogens with zero attached hydrogens (tertiary/aromatic N) is 1. The van der Waals surface area contributed by atoms with Gasteiger partial charge in [0.05, 0.1) is 0 Å². The number of nitrogens with one attached hydrogen (secondary N) is 1. The number of benzene rings is 2. The number of hydrogen-bond donors (Lipinski definition) is 5. The zero-order valence-corrected chi connectivity index (χ0v) is 19.8. The lowest BCUT2D eigenvalue weighted by Crippen LogP contribution is -2.58. The Hall–Kier alpha value is -4.45. The minimum Gasteiger partial charge on any atom is -0.480 e. The lowest BCUT2D eigenvalue weighted by Gasteiger charge is -2.31. The fourth-order valence-corrected chi connectivity index (χ4v) is 4.27. The first-order valence-corrected chi connectivity index (χ1v) is 11.5. The second-order valence-electron chi connectivity index (χ2n) is 8.56. The first-order chi connectivity index (χ1) is 17.6. The lowest BCUT2D eigenvalue weighted by atomic mass is 9.98. The van der Waals surface area contributed by atoms with E-state index in [0.29, 0.717) is 5.01 Å². The number of aliphatic carboxylic acids is 2. The van der Waals surface area contributed by atoms with Gasteiger partial charge in [0.15, 0.2) is 0 Å². The fourth-order valence-electron chi connectivity index (χ4n) is 4.27. The molecule has 0 heterocycles. The zero-order valence-electron chi connectivity index (χ0n) is 19.8. The van der Waals surface area contributed by atoms with E-state index in [1.807, 2.05) is 48.5 Å². The van der Waals surface area contributed by atoms with Gasteiger partial charge in [-0.15, -0.1) is 0 Å². The molecule has 0 aromatic heterocycles. The van der Waals surface area contributed by atoms with Gasteiger partial charge < -0.3 is 26.4 Å². The molecule has 37 heavy (non-hydrogen) atoms. The van der Waals surface area contributed by atoms with Crippen LogP contribution in [0.15, 0.2) is 48.5 Å². The van der Waals surface area contributed by atoms with E-state index in [0.717, 1.165) is 22.3 Å². The summed E-state index contributed by atoms with van der Waals surface area (Å²) in [6, 6.07) is 12.0. The fraction of sp³-hybridized carbons (Fsp3) is 0.320. The first-order valence-electron chi connectivity index (χ1n) is 11.5. The topological polar surface area (TPSA) is 202 Å². The molecular weight excluding hydrogens is 484 g/mol. The van der Waals surface area contributed by atoms with Crippen LogP contribution in [0.25, 0.3) is 11.1 Å². The molecule has 0 saturated heterocycles. The van der Waals surface area contributed by atoms with Crippen molar-refractivity contribution in [3.05, 3.63) is 59.7 Å². The van der Waals surface area contributed by atoms with Crippen LogP contribution in [0.2, 0.25) is 0 Å². The molecule has 0 fully saturated rings. The van der Waals surface area contributed by atoms with Crippen molar-refractivity contribution in [2.45, 2.75) is 43.7 Å². The standard InChI is InChI=1S/C25H28N4O8/c26-21(30)11-9-19(23(32)33)28-29(20(24(34)35)10-12-22(27)31)25(36)37-13-18-16-7-3-1-5-14(16)15-6-2-4-8-17(15)18/h1-8,18-20,28H,9-13H2,(H2,26,30)(H2,27,31)(H,32,33)(H,34,35)/t19-,20-/m0/s1. The van der Waals surface area contributed by atoms with E-state index >= 15 is 0 Å². The third-order valence-corrected chi connectivity index (χ3v) is 6.07. The number of carboxylic acids is 2. The van der Waals surface area contributed by atoms with E-state index in [1.165, 1.54) is 0 Å². The van der Waals surface area contributed by atoms with E-state index in [1.54, 1.807) is 0 Å². The van der Waals surface area contributed by atoms with Crippen LogP contribution < -0.4 is 16.9 Å². The van der Waals surface area contributed by atoms with Gasteiger partial charge in [-0.1, -0.05) is 48.5 Å². The largest absolute Gasteiger partial charge is 0.480 e. The number of carboxylic acid groups (broad SMARTS) is 2. The van der Waals surface area contributed by atoms with Gasteiger partial charge >= 0.3 is 18.0 Å². The molecule has 1 aliphatic rings. The van der Waals surface area contributed by atoms with E-state index in [-0.39, 0.29) is 31.8 Å². The molecule has 196 valence electrons. The number of hydrazine groups is 1. The quantitative estimate of drug-likeness (QED) is 0.244. The number of carbonyl (C=O) groups excluding carboxylic acids is 3. The molecule has 2 aromatic rings. The summed E-state index contributed by atoms with van der Waals surface area (Å²) in [6.45, 7) is -0.160. The SMILES string of the molecule is NC(=O)CC[C@H](NN(C(=O)OCC1c2ccccc2-c2ccccc21)[C@@H](CCC(N)=O)C(=O)O)C(=O)O. The van der Waals surface area contributed by atoms with Crippen molar-refractivity contribution < 1.29 is 38.9 Å². The van der Waals surface area contributed by atoms with Gasteiger partial charge in [-0.05, 0) is 35.1 Å². The number of hydrogen-bond acceptors (Lipinski definition) is 7. The van der Waals surface area contributed by atoms with Gasteiger partial charge in [-0.3, -0.25) is 14.4 Å². The third kappa shape index (κ3) is 6.61. The van der Waals surface area contributed by atoms with E-state index in [2.05, 4.69) is 5.43 Å². The number of nitrogens with two attached hydrogens (primary N) is 2. The van der Waals surface area contributed by atoms with E-state index in [9.17, 15) is 34.2 Å². The highest BCUT2D eigenvalue weighted by atomic mass is 16.6. The summed E-state index contributed by atoms with van der Waals surface area (Å²) >= 11 is 0. The minimum absolute atomic E-state index is 0.160. The molecule has 3 rings (SSSR count). The van der Waals surface area contributed by atoms with Crippen LogP contribution >= 0.6 is 0 Å². The molecular formula is C25H28N4O8. The highest BCUT2D eigenvalue weighted by molar-refractivity contribution is 5.83. The first kappa shape index (κ1) is 27.1. The predicted molar refractivity (Wildman–Crippen MR) is 130 cm³/mol. The molecule has 12 heteroatoms. The van der Waals surface area contributed by atoms with Crippen LogP contribution in [-0.2, 0) is 23.9 Å². The van der Waals surface area contributed by atoms with Crippen LogP contribution in [0.4, 0.5) is 4.79 Å². The van der Waals surface area contributed by atoms with Crippen molar-refractivity contribution in [1.29, 1.82) is 0 Å². The van der Waals surface area contributed by atoms with Gasteiger partial charge in [0.1, 0.15) is 18.7 Å². The van der Waals surface area contributed by atoms with E-state index in [4.69, 9.17) is 16.2 Å². The van der Waals surface area contributed by atoms with Crippen molar-refractivity contribution >= 4 is 29.8 Å². The Morgan fingerprint density at radius 1 is 0.838 bits per heavy atom. The summed E-state index contributed by atoms with van der Waals surface area (Å²) in [5, 5.41) is 19.8. The Balaban J connectivity index is 1.85. The highest BCUT2D eigenvalue weighted by Crippen LogP contribution is 2.44. The Kier molecular flexibility index (Phi) is 8.80. The van der Waals surface area contributed by atoms with Crippen molar-refractivity contribution in [2.24, 2.45) is 11.5 Å². The third-order valence-electron chi connectivity index (χ3n) is 6.07. The Bertz CT molecular complexity index is 1160. The molecule has 2 aromatic carbocycles. The van der Waals surface area contributed by atoms with Crippen molar-refractivity contribution in [1.82, 2.24) is 10.4 Å². The van der Waals surface area contributed by atoms with Crippen LogP contribution in [0, 0.1) is 0 Å². The number of carbonyl (C=O) groups is 5. The number of amides is 3. The Morgan fingerprint density at radius 2 is 1.35 bits per heavy atom. The van der Waals surface area contributed by atoms with Gasteiger partial charge in [0.2, 0.25) is 11.8 Å². The predicted octanol–water partition coefficient (Wildman–Crippen LogP) is 1.18. The van der Waals surface area contributed by atoms with Gasteiger partial charge in [0.25, 0.3) is 0 Å². The molecule has 0 aliphatic heterocycles. The maximum absolute atomic E-state index is 13.2. The average molecular weight is 513 g/mol. The maximum atomic E-state index is 13.2. The summed E-state index contributed by atoms with van der Waals surface area (Å²) in [6.07, 6.45) is -2.60. The number of fused-ring (bicyclic) bond motifs is 3. The monoisotopic (exact) mass is 512 g/mol. The highest BCUT2D eigenvalue weighted by Gasteiger charge is 2.36. The molecule has 2 atom stereocenters. The van der Waals surface area contributed by atoms with Gasteiger partial charge in [-0.2, -0.15) is 0 Å². The Labute approximate surface area is 212 Å². The molecule has 0 bridgehead atoms. The smallest absolute Gasteiger partial charge is 0.425 e. The number of ether oxygens (including phenoxy) is 1. The second-order valence-corrected chi connectivity index (χ2v) is 8.56. The summed E-state index contributed by atoms with van der Waals surface area (Å²) in [5.74, 6) is -4.87. The maximum Gasteiger partial charge on any atom is 0.425 e. The molecule has 0 unspecified atom stereocenters. The average Bonchev–Trinajstić information content (AvgIpc) is 3.17. The Morgan fingerprint density at radius 3 is 1.84 bits per heavy atom. The van der Waals surface area contributed by atoms with Crippen LogP contribution in [0.5, 0.6) is 0 Å². The van der Waals surface area contributed by atoms with Crippen LogP contribution in [0.3, 0.4) is 0 Å². The molecule has 0 saturated carbocycles. The molecule has 0 spiro atoms. The van der Waals surface area contributed by atoms with Gasteiger partial charge in [0, 0.05) is 18.8 Å². The molecule has 1 aliphatic carbocycles.